The second kappa shape index (κ2) is 5.10. The molecule has 3 nitrogen and oxygen atoms in total. The van der Waals surface area contributed by atoms with E-state index in [1.54, 1.807) is 0 Å². The summed E-state index contributed by atoms with van der Waals surface area (Å²) in [5, 5.41) is 3.63. The lowest BCUT2D eigenvalue weighted by atomic mass is 10.2. The molecule has 0 spiro atoms. The minimum Gasteiger partial charge on any atom is -0.302 e. The van der Waals surface area contributed by atoms with Crippen molar-refractivity contribution >= 4 is 0 Å². The van der Waals surface area contributed by atoms with Crippen molar-refractivity contribution in [3.63, 3.8) is 0 Å². The normalized spacial score (nSPS) is 32.8. The number of likely N-dealkylation sites (tertiary alicyclic amines) is 1. The van der Waals surface area contributed by atoms with E-state index in [2.05, 4.69) is 22.2 Å². The van der Waals surface area contributed by atoms with E-state index in [0.717, 1.165) is 6.54 Å². The predicted molar refractivity (Wildman–Crippen MR) is 59.3 cm³/mol. The Morgan fingerprint density at radius 2 is 1.71 bits per heavy atom. The van der Waals surface area contributed by atoms with Crippen LogP contribution in [0.15, 0.2) is 0 Å². The van der Waals surface area contributed by atoms with Gasteiger partial charge < -0.3 is 4.90 Å². The van der Waals surface area contributed by atoms with Gasteiger partial charge in [0.15, 0.2) is 0 Å². The molecule has 3 heteroatoms. The molecule has 0 saturated carbocycles. The monoisotopic (exact) mass is 197 g/mol. The molecule has 2 rings (SSSR count). The third-order valence-corrected chi connectivity index (χ3v) is 3.44. The molecular formula is C11H23N3. The molecule has 0 aromatic carbocycles. The maximum absolute atomic E-state index is 3.63. The molecule has 2 aliphatic heterocycles. The lowest BCUT2D eigenvalue weighted by molar-refractivity contribution is 0.0998. The van der Waals surface area contributed by atoms with Crippen LogP contribution in [0.5, 0.6) is 0 Å². The molecule has 2 fully saturated rings. The number of likely N-dealkylation sites (N-methyl/N-ethyl adjacent to an activating group) is 1. The van der Waals surface area contributed by atoms with Crippen LogP contribution in [0.25, 0.3) is 0 Å². The standard InChI is InChI=1S/C11H23N3/c1-13-9-6-12-11(10-13)14-7-4-2-3-5-8-14/h11-12H,2-10H2,1H3. The van der Waals surface area contributed by atoms with Crippen LogP contribution in [0.1, 0.15) is 25.7 Å². The van der Waals surface area contributed by atoms with Crippen molar-refractivity contribution in [1.29, 1.82) is 0 Å². The van der Waals surface area contributed by atoms with Gasteiger partial charge in [-0.3, -0.25) is 10.2 Å². The highest BCUT2D eigenvalue weighted by molar-refractivity contribution is 4.78. The fourth-order valence-corrected chi connectivity index (χ4v) is 2.52. The van der Waals surface area contributed by atoms with Gasteiger partial charge in [-0.1, -0.05) is 12.8 Å². The summed E-state index contributed by atoms with van der Waals surface area (Å²) in [4.78, 5) is 5.08. The summed E-state index contributed by atoms with van der Waals surface area (Å²) in [6.45, 7) is 6.14. The molecule has 2 aliphatic rings. The van der Waals surface area contributed by atoms with Crippen molar-refractivity contribution in [2.75, 3.05) is 39.8 Å². The van der Waals surface area contributed by atoms with E-state index < -0.39 is 0 Å². The van der Waals surface area contributed by atoms with Gasteiger partial charge in [0.05, 0.1) is 6.17 Å². The Hall–Kier alpha value is -0.120. The molecule has 14 heavy (non-hydrogen) atoms. The van der Waals surface area contributed by atoms with Crippen molar-refractivity contribution in [3.05, 3.63) is 0 Å². The molecule has 0 aliphatic carbocycles. The van der Waals surface area contributed by atoms with Crippen LogP contribution in [-0.2, 0) is 0 Å². The molecule has 2 saturated heterocycles. The quantitative estimate of drug-likeness (QED) is 0.668. The molecule has 1 atom stereocenters. The second-order valence-electron chi connectivity index (χ2n) is 4.68. The summed E-state index contributed by atoms with van der Waals surface area (Å²) in [6.07, 6.45) is 6.26. The highest BCUT2D eigenvalue weighted by Crippen LogP contribution is 2.13. The molecular weight excluding hydrogens is 174 g/mol. The Morgan fingerprint density at radius 1 is 1.00 bits per heavy atom. The van der Waals surface area contributed by atoms with E-state index in [1.807, 2.05) is 0 Å². The van der Waals surface area contributed by atoms with E-state index >= 15 is 0 Å². The third-order valence-electron chi connectivity index (χ3n) is 3.44. The van der Waals surface area contributed by atoms with Crippen molar-refractivity contribution in [2.45, 2.75) is 31.8 Å². The summed E-state index contributed by atoms with van der Waals surface area (Å²) >= 11 is 0. The van der Waals surface area contributed by atoms with E-state index in [4.69, 9.17) is 0 Å². The first kappa shape index (κ1) is 10.4. The average molecular weight is 197 g/mol. The van der Waals surface area contributed by atoms with Crippen LogP contribution in [0.2, 0.25) is 0 Å². The van der Waals surface area contributed by atoms with Gasteiger partial charge in [0.2, 0.25) is 0 Å². The highest BCUT2D eigenvalue weighted by Gasteiger charge is 2.23. The van der Waals surface area contributed by atoms with Crippen LogP contribution in [0.4, 0.5) is 0 Å². The Kier molecular flexibility index (Phi) is 3.79. The van der Waals surface area contributed by atoms with Crippen molar-refractivity contribution in [2.24, 2.45) is 0 Å². The smallest absolute Gasteiger partial charge is 0.0728 e. The summed E-state index contributed by atoms with van der Waals surface area (Å²) in [6, 6.07) is 0. The first-order valence-corrected chi connectivity index (χ1v) is 6.02. The lowest BCUT2D eigenvalue weighted by Crippen LogP contribution is -2.57. The maximum atomic E-state index is 3.63. The fraction of sp³-hybridized carbons (Fsp3) is 1.00. The molecule has 0 radical (unpaired) electrons. The number of nitrogens with zero attached hydrogens (tertiary/aromatic N) is 2. The van der Waals surface area contributed by atoms with Crippen LogP contribution < -0.4 is 5.32 Å². The minimum atomic E-state index is 0.617. The van der Waals surface area contributed by atoms with Gasteiger partial charge in [0.1, 0.15) is 0 Å². The van der Waals surface area contributed by atoms with Gasteiger partial charge >= 0.3 is 0 Å². The summed E-state index contributed by atoms with van der Waals surface area (Å²) in [7, 11) is 2.23. The summed E-state index contributed by atoms with van der Waals surface area (Å²) in [5.41, 5.74) is 0. The van der Waals surface area contributed by atoms with Gasteiger partial charge in [-0.2, -0.15) is 0 Å². The zero-order chi connectivity index (χ0) is 9.80. The van der Waals surface area contributed by atoms with Crippen molar-refractivity contribution in [1.82, 2.24) is 15.1 Å². The van der Waals surface area contributed by atoms with Gasteiger partial charge in [-0.05, 0) is 33.0 Å². The Balaban J connectivity index is 1.85. The van der Waals surface area contributed by atoms with Crippen molar-refractivity contribution in [3.8, 4) is 0 Å². The van der Waals surface area contributed by atoms with Crippen LogP contribution in [0.3, 0.4) is 0 Å². The molecule has 0 aromatic heterocycles. The van der Waals surface area contributed by atoms with E-state index in [9.17, 15) is 0 Å². The average Bonchev–Trinajstić information content (AvgIpc) is 2.45. The van der Waals surface area contributed by atoms with Crippen LogP contribution >= 0.6 is 0 Å². The fourth-order valence-electron chi connectivity index (χ4n) is 2.52. The van der Waals surface area contributed by atoms with Gasteiger partial charge in [0.25, 0.3) is 0 Å². The number of rotatable bonds is 1. The van der Waals surface area contributed by atoms with Gasteiger partial charge in [-0.25, -0.2) is 0 Å². The van der Waals surface area contributed by atoms with Gasteiger partial charge in [-0.15, -0.1) is 0 Å². The molecule has 2 heterocycles. The van der Waals surface area contributed by atoms with Crippen LogP contribution in [-0.4, -0.2) is 55.7 Å². The molecule has 1 unspecified atom stereocenters. The number of hydrogen-bond acceptors (Lipinski definition) is 3. The van der Waals surface area contributed by atoms with E-state index in [-0.39, 0.29) is 0 Å². The van der Waals surface area contributed by atoms with E-state index in [0.29, 0.717) is 6.17 Å². The van der Waals surface area contributed by atoms with Crippen LogP contribution in [0, 0.1) is 0 Å². The Bertz CT molecular complexity index is 164. The van der Waals surface area contributed by atoms with E-state index in [1.165, 1.54) is 51.9 Å². The zero-order valence-corrected chi connectivity index (χ0v) is 9.34. The largest absolute Gasteiger partial charge is 0.302 e. The second-order valence-corrected chi connectivity index (χ2v) is 4.68. The number of nitrogens with one attached hydrogen (secondary N) is 1. The Morgan fingerprint density at radius 3 is 2.36 bits per heavy atom. The molecule has 1 N–H and O–H groups in total. The molecule has 0 aromatic rings. The van der Waals surface area contributed by atoms with Gasteiger partial charge in [0, 0.05) is 19.6 Å². The maximum Gasteiger partial charge on any atom is 0.0728 e. The third kappa shape index (κ3) is 2.69. The molecule has 82 valence electrons. The molecule has 0 amide bonds. The number of piperazine rings is 1. The number of hydrogen-bond donors (Lipinski definition) is 1. The minimum absolute atomic E-state index is 0.617. The lowest BCUT2D eigenvalue weighted by Gasteiger charge is -2.38. The SMILES string of the molecule is CN1CCNC(N2CCCCCC2)C1. The highest BCUT2D eigenvalue weighted by atomic mass is 15.3. The predicted octanol–water partition coefficient (Wildman–Crippen LogP) is 0.723. The topological polar surface area (TPSA) is 18.5 Å². The first-order valence-electron chi connectivity index (χ1n) is 6.02. The molecule has 0 bridgehead atoms. The zero-order valence-electron chi connectivity index (χ0n) is 9.34. The van der Waals surface area contributed by atoms with Crippen molar-refractivity contribution < 1.29 is 0 Å². The summed E-state index contributed by atoms with van der Waals surface area (Å²) in [5.74, 6) is 0. The Labute approximate surface area is 87.4 Å². The summed E-state index contributed by atoms with van der Waals surface area (Å²) < 4.78 is 0. The first-order chi connectivity index (χ1) is 6.86.